The average molecular weight is 449 g/mol. The van der Waals surface area contributed by atoms with Crippen LogP contribution >= 0.6 is 22.6 Å². The highest BCUT2D eigenvalue weighted by atomic mass is 127. The highest BCUT2D eigenvalue weighted by Gasteiger charge is 2.33. The summed E-state index contributed by atoms with van der Waals surface area (Å²) in [6, 6.07) is 7.11. The van der Waals surface area contributed by atoms with Gasteiger partial charge in [-0.15, -0.1) is 0 Å². The molecule has 1 unspecified atom stereocenters. The zero-order valence-electron chi connectivity index (χ0n) is 12.3. The van der Waals surface area contributed by atoms with E-state index in [2.05, 4.69) is 0 Å². The van der Waals surface area contributed by atoms with E-state index in [0.717, 1.165) is 29.5 Å². The molecule has 2 nitrogen and oxygen atoms in total. The molecule has 0 saturated heterocycles. The van der Waals surface area contributed by atoms with Gasteiger partial charge < -0.3 is 4.79 Å². The number of benzene rings is 2. The first-order valence-corrected chi connectivity index (χ1v) is 8.21. The molecule has 126 valence electrons. The van der Waals surface area contributed by atoms with Crippen molar-refractivity contribution >= 4 is 28.9 Å². The molecule has 0 spiro atoms. The van der Waals surface area contributed by atoms with E-state index in [1.807, 2.05) is 27.5 Å². The summed E-state index contributed by atoms with van der Waals surface area (Å²) in [5, 5.41) is 0. The fourth-order valence-electron chi connectivity index (χ4n) is 2.94. The number of halogens is 5. The second-order valence-electron chi connectivity index (χ2n) is 5.64. The molecule has 3 rings (SSSR count). The van der Waals surface area contributed by atoms with Crippen molar-refractivity contribution in [3.05, 3.63) is 68.0 Å². The summed E-state index contributed by atoms with van der Waals surface area (Å²) in [6.45, 7) is 0.696. The standard InChI is InChI=1S/C17H12F4INO/c18-13-5-11-8-23(15(9-24)16(11)14(22)6-13)7-10-1-3-12(4-2-10)17(19,20)21/h1-6,9,15H,7-8H2. The van der Waals surface area contributed by atoms with Crippen molar-refractivity contribution in [2.75, 3.05) is 0 Å². The van der Waals surface area contributed by atoms with Crippen LogP contribution in [0.4, 0.5) is 17.6 Å². The van der Waals surface area contributed by atoms with Gasteiger partial charge in [-0.2, -0.15) is 13.2 Å². The minimum atomic E-state index is -4.37. The van der Waals surface area contributed by atoms with Crippen LogP contribution < -0.4 is 0 Å². The van der Waals surface area contributed by atoms with Gasteiger partial charge in [-0.25, -0.2) is 4.39 Å². The van der Waals surface area contributed by atoms with Gasteiger partial charge in [0.1, 0.15) is 12.1 Å². The van der Waals surface area contributed by atoms with Crippen molar-refractivity contribution in [2.45, 2.75) is 25.3 Å². The van der Waals surface area contributed by atoms with E-state index in [0.29, 0.717) is 22.2 Å². The number of carbonyl (C=O) groups is 1. The molecule has 0 radical (unpaired) electrons. The summed E-state index contributed by atoms with van der Waals surface area (Å²) in [5.41, 5.74) is 1.47. The van der Waals surface area contributed by atoms with Gasteiger partial charge in [-0.3, -0.25) is 4.90 Å². The summed E-state index contributed by atoms with van der Waals surface area (Å²) < 4.78 is 52.0. The molecule has 1 heterocycles. The van der Waals surface area contributed by atoms with Gasteiger partial charge in [-0.1, -0.05) is 12.1 Å². The number of alkyl halides is 3. The Hall–Kier alpha value is -1.48. The number of hydrogen-bond acceptors (Lipinski definition) is 2. The van der Waals surface area contributed by atoms with Crippen LogP contribution in [0.25, 0.3) is 0 Å². The van der Waals surface area contributed by atoms with E-state index in [4.69, 9.17) is 0 Å². The smallest absolute Gasteiger partial charge is 0.301 e. The number of nitrogens with zero attached hydrogens (tertiary/aromatic N) is 1. The lowest BCUT2D eigenvalue weighted by Crippen LogP contribution is -2.23. The maximum atomic E-state index is 13.5. The highest BCUT2D eigenvalue weighted by Crippen LogP contribution is 2.37. The minimum Gasteiger partial charge on any atom is -0.301 e. The minimum absolute atomic E-state index is 0.313. The van der Waals surface area contributed by atoms with Gasteiger partial charge in [0.2, 0.25) is 0 Å². The van der Waals surface area contributed by atoms with Crippen molar-refractivity contribution in [1.29, 1.82) is 0 Å². The zero-order chi connectivity index (χ0) is 17.5. The van der Waals surface area contributed by atoms with Crippen LogP contribution in [0.3, 0.4) is 0 Å². The molecular formula is C17H12F4INO. The molecular weight excluding hydrogens is 437 g/mol. The Balaban J connectivity index is 1.84. The SMILES string of the molecule is O=CC1c2c(I)cc(F)cc2CN1Cc1ccc(C(F)(F)F)cc1. The van der Waals surface area contributed by atoms with Crippen molar-refractivity contribution in [1.82, 2.24) is 4.90 Å². The first kappa shape index (κ1) is 17.3. The molecule has 0 N–H and O–H groups in total. The van der Waals surface area contributed by atoms with Crippen LogP contribution in [0.15, 0.2) is 36.4 Å². The van der Waals surface area contributed by atoms with Gasteiger partial charge >= 0.3 is 6.18 Å². The largest absolute Gasteiger partial charge is 0.416 e. The molecule has 1 aliphatic heterocycles. The lowest BCUT2D eigenvalue weighted by molar-refractivity contribution is -0.137. The maximum absolute atomic E-state index is 13.5. The van der Waals surface area contributed by atoms with Crippen LogP contribution in [0.5, 0.6) is 0 Å². The lowest BCUT2D eigenvalue weighted by atomic mass is 10.1. The molecule has 7 heteroatoms. The Bertz CT molecular complexity index is 773. The van der Waals surface area contributed by atoms with E-state index in [-0.39, 0.29) is 5.82 Å². The van der Waals surface area contributed by atoms with Crippen LogP contribution in [-0.2, 0) is 24.1 Å². The van der Waals surface area contributed by atoms with E-state index in [1.54, 1.807) is 0 Å². The molecule has 0 amide bonds. The normalized spacial score (nSPS) is 17.8. The number of carbonyl (C=O) groups excluding carboxylic acids is 1. The third-order valence-corrected chi connectivity index (χ3v) is 4.93. The van der Waals surface area contributed by atoms with Crippen molar-refractivity contribution in [3.63, 3.8) is 0 Å². The van der Waals surface area contributed by atoms with E-state index >= 15 is 0 Å². The first-order valence-electron chi connectivity index (χ1n) is 7.13. The molecule has 0 bridgehead atoms. The van der Waals surface area contributed by atoms with Gasteiger partial charge in [0.15, 0.2) is 0 Å². The molecule has 0 aromatic heterocycles. The Morgan fingerprint density at radius 2 is 1.88 bits per heavy atom. The summed E-state index contributed by atoms with van der Waals surface area (Å²) in [6.07, 6.45) is -3.59. The molecule has 0 aliphatic carbocycles. The van der Waals surface area contributed by atoms with Crippen LogP contribution in [0.2, 0.25) is 0 Å². The molecule has 2 aromatic rings. The summed E-state index contributed by atoms with van der Waals surface area (Å²) in [5.74, 6) is -0.362. The number of aldehydes is 1. The summed E-state index contributed by atoms with van der Waals surface area (Å²) >= 11 is 1.99. The number of fused-ring (bicyclic) bond motifs is 1. The van der Waals surface area contributed by atoms with Crippen LogP contribution in [-0.4, -0.2) is 11.2 Å². The summed E-state index contributed by atoms with van der Waals surface area (Å²) in [7, 11) is 0. The lowest BCUT2D eigenvalue weighted by Gasteiger charge is -2.21. The van der Waals surface area contributed by atoms with Crippen molar-refractivity contribution in [2.24, 2.45) is 0 Å². The van der Waals surface area contributed by atoms with Crippen LogP contribution in [0.1, 0.15) is 28.3 Å². The molecule has 1 atom stereocenters. The molecule has 0 saturated carbocycles. The second-order valence-corrected chi connectivity index (χ2v) is 6.80. The third kappa shape index (κ3) is 3.32. The molecule has 1 aliphatic rings. The Labute approximate surface area is 149 Å². The second kappa shape index (κ2) is 6.44. The van der Waals surface area contributed by atoms with Crippen molar-refractivity contribution in [3.8, 4) is 0 Å². The monoisotopic (exact) mass is 449 g/mol. The fourth-order valence-corrected chi connectivity index (χ4v) is 3.90. The number of rotatable bonds is 3. The quantitative estimate of drug-likeness (QED) is 0.385. The first-order chi connectivity index (χ1) is 11.3. The molecule has 24 heavy (non-hydrogen) atoms. The fraction of sp³-hybridized carbons (Fsp3) is 0.235. The Kier molecular flexibility index (Phi) is 4.65. The third-order valence-electron chi connectivity index (χ3n) is 4.04. The van der Waals surface area contributed by atoms with Gasteiger partial charge in [0, 0.05) is 16.7 Å². The zero-order valence-corrected chi connectivity index (χ0v) is 14.4. The van der Waals surface area contributed by atoms with Gasteiger partial charge in [-0.05, 0) is 63.5 Å². The number of hydrogen-bond donors (Lipinski definition) is 0. The van der Waals surface area contributed by atoms with E-state index < -0.39 is 17.8 Å². The Morgan fingerprint density at radius 3 is 2.46 bits per heavy atom. The highest BCUT2D eigenvalue weighted by molar-refractivity contribution is 14.1. The topological polar surface area (TPSA) is 20.3 Å². The van der Waals surface area contributed by atoms with E-state index in [1.165, 1.54) is 24.3 Å². The predicted molar refractivity (Wildman–Crippen MR) is 88.6 cm³/mol. The van der Waals surface area contributed by atoms with Crippen LogP contribution in [0, 0.1) is 9.39 Å². The Morgan fingerprint density at radius 1 is 1.21 bits per heavy atom. The molecule has 0 fully saturated rings. The van der Waals surface area contributed by atoms with E-state index in [9.17, 15) is 22.4 Å². The summed E-state index contributed by atoms with van der Waals surface area (Å²) in [4.78, 5) is 13.3. The van der Waals surface area contributed by atoms with Gasteiger partial charge in [0.25, 0.3) is 0 Å². The maximum Gasteiger partial charge on any atom is 0.416 e. The average Bonchev–Trinajstić information content (AvgIpc) is 2.84. The predicted octanol–water partition coefficient (Wildman–Crippen LogP) is 4.70. The van der Waals surface area contributed by atoms with Crippen molar-refractivity contribution < 1.29 is 22.4 Å². The molecule has 2 aromatic carbocycles. The van der Waals surface area contributed by atoms with Gasteiger partial charge in [0.05, 0.1) is 11.6 Å².